The summed E-state index contributed by atoms with van der Waals surface area (Å²) in [6.45, 7) is 1.36. The Labute approximate surface area is 145 Å². The van der Waals surface area contributed by atoms with Crippen LogP contribution >= 0.6 is 0 Å². The third kappa shape index (κ3) is 4.44. The molecule has 1 unspecified atom stereocenters. The van der Waals surface area contributed by atoms with Gasteiger partial charge < -0.3 is 14.2 Å². The minimum absolute atomic E-state index is 0.334. The molecule has 1 atom stereocenters. The third-order valence-electron chi connectivity index (χ3n) is 3.52. The molecule has 25 heavy (non-hydrogen) atoms. The second-order valence-corrected chi connectivity index (χ2v) is 5.47. The molecular formula is C19H17NO5. The minimum Gasteiger partial charge on any atom is -0.489 e. The van der Waals surface area contributed by atoms with Crippen molar-refractivity contribution in [3.05, 3.63) is 54.1 Å². The van der Waals surface area contributed by atoms with Crippen LogP contribution in [0.3, 0.4) is 0 Å². The van der Waals surface area contributed by atoms with E-state index in [0.29, 0.717) is 23.8 Å². The Balaban J connectivity index is 1.62. The lowest BCUT2D eigenvalue weighted by molar-refractivity contribution is -0.146. The van der Waals surface area contributed by atoms with Crippen molar-refractivity contribution in [3.8, 4) is 11.5 Å². The topological polar surface area (TPSA) is 74.2 Å². The zero-order chi connectivity index (χ0) is 17.6. The highest BCUT2D eigenvalue weighted by Gasteiger charge is 2.24. The van der Waals surface area contributed by atoms with Gasteiger partial charge in [-0.1, -0.05) is 30.3 Å². The number of nitrogens with zero attached hydrogens (tertiary/aromatic N) is 1. The van der Waals surface area contributed by atoms with E-state index in [1.807, 2.05) is 30.3 Å². The first-order valence-electron chi connectivity index (χ1n) is 7.79. The number of esters is 1. The summed E-state index contributed by atoms with van der Waals surface area (Å²) >= 11 is 0. The van der Waals surface area contributed by atoms with Gasteiger partial charge in [-0.3, -0.25) is 14.6 Å². The Kier molecular flexibility index (Phi) is 5.09. The number of hydrogen-bond donors (Lipinski definition) is 0. The van der Waals surface area contributed by atoms with Crippen LogP contribution in [0, 0.1) is 0 Å². The van der Waals surface area contributed by atoms with Crippen LogP contribution in [0.2, 0.25) is 0 Å². The number of Topliss-reactive ketones (excluding diaryl/α,β-unsaturated/α-hetero) is 1. The van der Waals surface area contributed by atoms with E-state index in [0.717, 1.165) is 5.56 Å². The molecule has 0 amide bonds. The summed E-state index contributed by atoms with van der Waals surface area (Å²) in [7, 11) is 0. The van der Waals surface area contributed by atoms with Gasteiger partial charge in [0.25, 0.3) is 0 Å². The summed E-state index contributed by atoms with van der Waals surface area (Å²) < 4.78 is 16.0. The molecule has 1 heterocycles. The van der Waals surface area contributed by atoms with E-state index in [1.165, 1.54) is 13.1 Å². The van der Waals surface area contributed by atoms with E-state index in [2.05, 4.69) is 9.73 Å². The molecule has 2 aromatic carbocycles. The van der Waals surface area contributed by atoms with E-state index >= 15 is 0 Å². The summed E-state index contributed by atoms with van der Waals surface area (Å²) in [4.78, 5) is 26.9. The number of carbonyl (C=O) groups excluding carboxylic acids is 2. The van der Waals surface area contributed by atoms with Crippen molar-refractivity contribution in [1.82, 2.24) is 0 Å². The molecule has 1 aliphatic rings. The van der Waals surface area contributed by atoms with Crippen LogP contribution in [0.15, 0.2) is 53.5 Å². The molecule has 0 spiro atoms. The van der Waals surface area contributed by atoms with Crippen molar-refractivity contribution >= 4 is 23.7 Å². The predicted octanol–water partition coefficient (Wildman–Crippen LogP) is 2.86. The Hall–Kier alpha value is -3.15. The number of hydrogen-bond acceptors (Lipinski definition) is 6. The molecule has 0 saturated heterocycles. The number of ether oxygens (including phenoxy) is 3. The van der Waals surface area contributed by atoms with Crippen LogP contribution in [0.5, 0.6) is 11.5 Å². The monoisotopic (exact) mass is 339 g/mol. The van der Waals surface area contributed by atoms with Crippen molar-refractivity contribution in [1.29, 1.82) is 0 Å². The quantitative estimate of drug-likeness (QED) is 0.757. The predicted molar refractivity (Wildman–Crippen MR) is 91.4 cm³/mol. The maximum Gasteiger partial charge on any atom is 0.303 e. The van der Waals surface area contributed by atoms with Crippen molar-refractivity contribution in [2.24, 2.45) is 4.99 Å². The van der Waals surface area contributed by atoms with Gasteiger partial charge >= 0.3 is 5.97 Å². The average molecular weight is 339 g/mol. The van der Waals surface area contributed by atoms with Crippen LogP contribution in [0.25, 0.3) is 0 Å². The maximum atomic E-state index is 11.9. The van der Waals surface area contributed by atoms with Crippen LogP contribution in [0.1, 0.15) is 12.5 Å². The first-order valence-corrected chi connectivity index (χ1v) is 7.79. The van der Waals surface area contributed by atoms with E-state index in [-0.39, 0.29) is 12.4 Å². The van der Waals surface area contributed by atoms with Crippen molar-refractivity contribution in [2.75, 3.05) is 6.61 Å². The second-order valence-electron chi connectivity index (χ2n) is 5.47. The van der Waals surface area contributed by atoms with Crippen molar-refractivity contribution in [2.45, 2.75) is 19.6 Å². The van der Waals surface area contributed by atoms with Gasteiger partial charge in [0.05, 0.1) is 6.21 Å². The molecule has 0 aromatic heterocycles. The molecule has 128 valence electrons. The molecule has 6 heteroatoms. The molecule has 0 radical (unpaired) electrons. The van der Waals surface area contributed by atoms with Gasteiger partial charge in [0.15, 0.2) is 12.7 Å². The zero-order valence-corrected chi connectivity index (χ0v) is 13.7. The fraction of sp³-hybridized carbons (Fsp3) is 0.211. The van der Waals surface area contributed by atoms with Crippen LogP contribution < -0.4 is 9.47 Å². The van der Waals surface area contributed by atoms with Gasteiger partial charge in [0, 0.05) is 13.0 Å². The minimum atomic E-state index is -0.858. The molecule has 3 rings (SSSR count). The number of ketones is 1. The van der Waals surface area contributed by atoms with Gasteiger partial charge in [-0.15, -0.1) is 0 Å². The lowest BCUT2D eigenvalue weighted by Gasteiger charge is -2.20. The lowest BCUT2D eigenvalue weighted by atomic mass is 10.2. The summed E-state index contributed by atoms with van der Waals surface area (Å²) in [6.07, 6.45) is 0.540. The highest BCUT2D eigenvalue weighted by atomic mass is 16.5. The van der Waals surface area contributed by atoms with Gasteiger partial charge in [0.1, 0.15) is 23.8 Å². The summed E-state index contributed by atoms with van der Waals surface area (Å²) in [5.74, 6) is 0.263. The van der Waals surface area contributed by atoms with E-state index in [4.69, 9.17) is 9.47 Å². The number of carbonyl (C=O) groups is 2. The molecule has 1 aliphatic heterocycles. The fourth-order valence-corrected chi connectivity index (χ4v) is 2.25. The number of aliphatic imine (C=N–C) groups is 1. The Bertz CT molecular complexity index is 801. The molecule has 6 nitrogen and oxygen atoms in total. The van der Waals surface area contributed by atoms with Crippen molar-refractivity contribution < 1.29 is 23.8 Å². The second kappa shape index (κ2) is 7.61. The average Bonchev–Trinajstić information content (AvgIpc) is 2.64. The van der Waals surface area contributed by atoms with Gasteiger partial charge in [0.2, 0.25) is 5.78 Å². The molecule has 0 fully saturated rings. The molecule has 0 bridgehead atoms. The number of rotatable bonds is 6. The third-order valence-corrected chi connectivity index (χ3v) is 3.52. The Morgan fingerprint density at radius 2 is 1.96 bits per heavy atom. The zero-order valence-electron chi connectivity index (χ0n) is 13.7. The van der Waals surface area contributed by atoms with Gasteiger partial charge in [-0.05, 0) is 17.7 Å². The normalized spacial score (nSPS) is 15.0. The fourth-order valence-electron chi connectivity index (χ4n) is 2.25. The number of fused-ring (bicyclic) bond motifs is 1. The van der Waals surface area contributed by atoms with Gasteiger partial charge in [-0.2, -0.15) is 0 Å². The molecule has 0 saturated carbocycles. The summed E-state index contributed by atoms with van der Waals surface area (Å²) in [6, 6.07) is 15.1. The Morgan fingerprint density at radius 3 is 2.72 bits per heavy atom. The van der Waals surface area contributed by atoms with E-state index in [1.54, 1.807) is 18.2 Å². The molecule has 2 aromatic rings. The van der Waals surface area contributed by atoms with Gasteiger partial charge in [-0.25, -0.2) is 0 Å². The van der Waals surface area contributed by atoms with Crippen LogP contribution in [0.4, 0.5) is 5.69 Å². The smallest absolute Gasteiger partial charge is 0.303 e. The first kappa shape index (κ1) is 16.7. The number of benzene rings is 2. The lowest BCUT2D eigenvalue weighted by Crippen LogP contribution is -2.34. The summed E-state index contributed by atoms with van der Waals surface area (Å²) in [5.41, 5.74) is 1.65. The SMILES string of the molecule is CC(=O)OCC(=O)C1C=Nc2cc(OCc3ccccc3)ccc2O1. The van der Waals surface area contributed by atoms with Crippen molar-refractivity contribution in [3.63, 3.8) is 0 Å². The highest BCUT2D eigenvalue weighted by molar-refractivity contribution is 6.01. The first-order chi connectivity index (χ1) is 12.1. The molecular weight excluding hydrogens is 322 g/mol. The largest absolute Gasteiger partial charge is 0.489 e. The van der Waals surface area contributed by atoms with E-state index < -0.39 is 12.1 Å². The van der Waals surface area contributed by atoms with E-state index in [9.17, 15) is 9.59 Å². The standard InChI is InChI=1S/C19H17NO5/c1-13(21)23-12-17(22)19-10-20-16-9-15(7-8-18(16)25-19)24-11-14-5-3-2-4-6-14/h2-10,19H,11-12H2,1H3. The van der Waals surface area contributed by atoms with Crippen LogP contribution in [-0.4, -0.2) is 30.7 Å². The molecule has 0 N–H and O–H groups in total. The highest BCUT2D eigenvalue weighted by Crippen LogP contribution is 2.34. The molecule has 0 aliphatic carbocycles. The Morgan fingerprint density at radius 1 is 1.16 bits per heavy atom. The van der Waals surface area contributed by atoms with Crippen LogP contribution in [-0.2, 0) is 20.9 Å². The maximum absolute atomic E-state index is 11.9. The summed E-state index contributed by atoms with van der Waals surface area (Å²) in [5, 5.41) is 0.